The van der Waals surface area contributed by atoms with Gasteiger partial charge in [0.1, 0.15) is 22.8 Å². The Hall–Kier alpha value is -2.59. The topological polar surface area (TPSA) is 70.6 Å². The molecular weight excluding hydrogens is 477 g/mol. The molecule has 1 aromatic carbocycles. The van der Waals surface area contributed by atoms with Crippen LogP contribution in [-0.2, 0) is 22.5 Å². The lowest BCUT2D eigenvalue weighted by Gasteiger charge is -2.26. The number of fused-ring (bicyclic) bond motifs is 3. The molecule has 0 saturated carbocycles. The summed E-state index contributed by atoms with van der Waals surface area (Å²) >= 11 is 7.51. The maximum Gasteiger partial charge on any atom is 0.246 e. The molecule has 0 spiro atoms. The average Bonchev–Trinajstić information content (AvgIpc) is 3.01. The van der Waals surface area contributed by atoms with Gasteiger partial charge < -0.3 is 15.0 Å². The Morgan fingerprint density at radius 1 is 1.26 bits per heavy atom. The van der Waals surface area contributed by atoms with Crippen LogP contribution in [0.4, 0.5) is 15.9 Å². The largest absolute Gasteiger partial charge is 0.380 e. The molecule has 2 aliphatic rings. The number of anilines is 2. The molecule has 0 bridgehead atoms. The van der Waals surface area contributed by atoms with Crippen molar-refractivity contribution >= 4 is 50.6 Å². The Morgan fingerprint density at radius 3 is 3.06 bits per heavy atom. The molecule has 10 heteroatoms. The van der Waals surface area contributed by atoms with E-state index in [0.29, 0.717) is 24.6 Å². The summed E-state index contributed by atoms with van der Waals surface area (Å²) < 4.78 is 19.0. The number of halogens is 2. The number of thiophene rings is 1. The molecule has 1 amide bonds. The van der Waals surface area contributed by atoms with Gasteiger partial charge in [-0.25, -0.2) is 14.4 Å². The predicted octanol–water partition coefficient (Wildman–Crippen LogP) is 4.39. The Balaban J connectivity index is 1.29. The van der Waals surface area contributed by atoms with Crippen molar-refractivity contribution in [3.05, 3.63) is 58.0 Å². The average molecular weight is 502 g/mol. The maximum atomic E-state index is 13.5. The lowest BCUT2D eigenvalue weighted by molar-refractivity contribution is -0.126. The number of carbonyl (C=O) groups is 1. The van der Waals surface area contributed by atoms with E-state index in [1.807, 2.05) is 11.0 Å². The van der Waals surface area contributed by atoms with Gasteiger partial charge in [0.15, 0.2) is 0 Å². The van der Waals surface area contributed by atoms with E-state index < -0.39 is 5.82 Å². The van der Waals surface area contributed by atoms with E-state index in [1.165, 1.54) is 18.5 Å². The molecule has 1 N–H and O–H groups in total. The Labute approximate surface area is 206 Å². The fraction of sp³-hybridized carbons (Fsp3) is 0.375. The quantitative estimate of drug-likeness (QED) is 0.523. The molecule has 2 aromatic heterocycles. The molecule has 0 atom stereocenters. The monoisotopic (exact) mass is 501 g/mol. The fourth-order valence-corrected chi connectivity index (χ4v) is 5.69. The van der Waals surface area contributed by atoms with Crippen LogP contribution in [0.3, 0.4) is 0 Å². The number of rotatable bonds is 5. The number of benzene rings is 1. The van der Waals surface area contributed by atoms with Gasteiger partial charge in [0.05, 0.1) is 23.6 Å². The highest BCUT2D eigenvalue weighted by Crippen LogP contribution is 2.38. The second-order valence-corrected chi connectivity index (χ2v) is 9.83. The van der Waals surface area contributed by atoms with Gasteiger partial charge in [0, 0.05) is 49.4 Å². The van der Waals surface area contributed by atoms with Crippen molar-refractivity contribution in [2.24, 2.45) is 0 Å². The minimum Gasteiger partial charge on any atom is -0.380 e. The second kappa shape index (κ2) is 10.4. The number of carbonyl (C=O) groups excluding carboxylic acids is 1. The van der Waals surface area contributed by atoms with Crippen molar-refractivity contribution < 1.29 is 13.9 Å². The van der Waals surface area contributed by atoms with Crippen molar-refractivity contribution in [3.63, 3.8) is 0 Å². The van der Waals surface area contributed by atoms with Gasteiger partial charge in [-0.2, -0.15) is 0 Å². The Kier molecular flexibility index (Phi) is 7.05. The third-order valence-electron chi connectivity index (χ3n) is 6.07. The lowest BCUT2D eigenvalue weighted by Crippen LogP contribution is -2.34. The highest BCUT2D eigenvalue weighted by Gasteiger charge is 2.25. The van der Waals surface area contributed by atoms with Crippen molar-refractivity contribution in [3.8, 4) is 0 Å². The molecule has 5 rings (SSSR count). The van der Waals surface area contributed by atoms with E-state index in [-0.39, 0.29) is 10.9 Å². The fourth-order valence-electron chi connectivity index (χ4n) is 4.31. The zero-order chi connectivity index (χ0) is 23.5. The highest BCUT2D eigenvalue weighted by molar-refractivity contribution is 7.19. The summed E-state index contributed by atoms with van der Waals surface area (Å²) in [6.45, 7) is 5.40. The molecule has 2 aliphatic heterocycles. The standard InChI is InChI=1S/C24H25ClFN5O2S/c25-18-13-16(4-5-19(18)26)29-23-22-17-6-9-31(14-20(17)34-24(22)28-15-27-23)21(32)3-1-7-30-8-2-11-33-12-10-30/h1,3-5,13,15H,2,6-12,14H2,(H,27,28,29)/b3-1+. The normalized spacial score (nSPS) is 17.2. The number of nitrogens with one attached hydrogen (secondary N) is 1. The van der Waals surface area contributed by atoms with Gasteiger partial charge in [0.25, 0.3) is 0 Å². The molecule has 7 nitrogen and oxygen atoms in total. The van der Waals surface area contributed by atoms with Crippen LogP contribution < -0.4 is 5.32 Å². The summed E-state index contributed by atoms with van der Waals surface area (Å²) in [4.78, 5) is 27.8. The molecule has 34 heavy (non-hydrogen) atoms. The summed E-state index contributed by atoms with van der Waals surface area (Å²) in [7, 11) is 0. The van der Waals surface area contributed by atoms with E-state index in [0.717, 1.165) is 66.3 Å². The van der Waals surface area contributed by atoms with Crippen LogP contribution in [0.5, 0.6) is 0 Å². The molecule has 1 saturated heterocycles. The minimum atomic E-state index is -0.466. The SMILES string of the molecule is O=C(/C=C/CN1CCCOCC1)N1CCc2c(sc3ncnc(Nc4ccc(F)c(Cl)c4)c23)C1. The van der Waals surface area contributed by atoms with E-state index >= 15 is 0 Å². The number of hydrogen-bond donors (Lipinski definition) is 1. The van der Waals surface area contributed by atoms with Gasteiger partial charge in [0.2, 0.25) is 5.91 Å². The van der Waals surface area contributed by atoms with Crippen LogP contribution in [0.15, 0.2) is 36.7 Å². The molecule has 0 aliphatic carbocycles. The third-order valence-corrected chi connectivity index (χ3v) is 7.48. The summed E-state index contributed by atoms with van der Waals surface area (Å²) in [5, 5.41) is 4.25. The summed E-state index contributed by atoms with van der Waals surface area (Å²) in [6.07, 6.45) is 6.91. The molecule has 1 fully saturated rings. The molecule has 0 unspecified atom stereocenters. The van der Waals surface area contributed by atoms with E-state index in [4.69, 9.17) is 16.3 Å². The van der Waals surface area contributed by atoms with E-state index in [2.05, 4.69) is 20.2 Å². The molecule has 4 heterocycles. The van der Waals surface area contributed by atoms with Crippen LogP contribution >= 0.6 is 22.9 Å². The van der Waals surface area contributed by atoms with Crippen molar-refractivity contribution in [1.82, 2.24) is 19.8 Å². The number of nitrogens with zero attached hydrogens (tertiary/aromatic N) is 4. The summed E-state index contributed by atoms with van der Waals surface area (Å²) in [5.41, 5.74) is 1.81. The molecule has 178 valence electrons. The molecular formula is C24H25ClFN5O2S. The van der Waals surface area contributed by atoms with Crippen molar-refractivity contribution in [2.75, 3.05) is 44.7 Å². The van der Waals surface area contributed by atoms with Crippen LogP contribution in [0, 0.1) is 5.82 Å². The predicted molar refractivity (Wildman–Crippen MR) is 132 cm³/mol. The molecule has 0 radical (unpaired) electrons. The van der Waals surface area contributed by atoms with Gasteiger partial charge in [-0.3, -0.25) is 9.69 Å². The van der Waals surface area contributed by atoms with Crippen molar-refractivity contribution in [2.45, 2.75) is 19.4 Å². The number of hydrogen-bond acceptors (Lipinski definition) is 7. The Morgan fingerprint density at radius 2 is 2.18 bits per heavy atom. The van der Waals surface area contributed by atoms with Gasteiger partial charge in [-0.05, 0) is 36.6 Å². The smallest absolute Gasteiger partial charge is 0.246 e. The van der Waals surface area contributed by atoms with Crippen LogP contribution in [0.2, 0.25) is 5.02 Å². The van der Waals surface area contributed by atoms with Gasteiger partial charge >= 0.3 is 0 Å². The zero-order valence-electron chi connectivity index (χ0n) is 18.6. The highest BCUT2D eigenvalue weighted by atomic mass is 35.5. The number of aromatic nitrogens is 2. The van der Waals surface area contributed by atoms with E-state index in [1.54, 1.807) is 23.5 Å². The first-order valence-electron chi connectivity index (χ1n) is 11.3. The zero-order valence-corrected chi connectivity index (χ0v) is 20.2. The number of amides is 1. The summed E-state index contributed by atoms with van der Waals surface area (Å²) in [6, 6.07) is 4.48. The molecule has 3 aromatic rings. The first-order chi connectivity index (χ1) is 16.6. The minimum absolute atomic E-state index is 0.0274. The number of ether oxygens (including phenoxy) is 1. The van der Waals surface area contributed by atoms with Crippen LogP contribution in [0.1, 0.15) is 16.9 Å². The second-order valence-electron chi connectivity index (χ2n) is 8.34. The van der Waals surface area contributed by atoms with Crippen LogP contribution in [-0.4, -0.2) is 65.1 Å². The van der Waals surface area contributed by atoms with Gasteiger partial charge in [-0.15, -0.1) is 11.3 Å². The Bertz CT molecular complexity index is 1230. The third kappa shape index (κ3) is 5.07. The first-order valence-corrected chi connectivity index (χ1v) is 12.5. The van der Waals surface area contributed by atoms with Crippen LogP contribution in [0.25, 0.3) is 10.2 Å². The summed E-state index contributed by atoms with van der Waals surface area (Å²) in [5.74, 6) is 0.220. The first kappa shape index (κ1) is 23.2. The van der Waals surface area contributed by atoms with Gasteiger partial charge in [-0.1, -0.05) is 17.7 Å². The maximum absolute atomic E-state index is 13.5. The van der Waals surface area contributed by atoms with Crippen molar-refractivity contribution in [1.29, 1.82) is 0 Å². The van der Waals surface area contributed by atoms with E-state index in [9.17, 15) is 9.18 Å². The lowest BCUT2D eigenvalue weighted by atomic mass is 10.0.